The van der Waals surface area contributed by atoms with Crippen molar-refractivity contribution in [2.24, 2.45) is 5.41 Å². The average Bonchev–Trinajstić information content (AvgIpc) is 2.90. The van der Waals surface area contributed by atoms with Crippen molar-refractivity contribution in [1.29, 1.82) is 0 Å². The Bertz CT molecular complexity index is 1270. The summed E-state index contributed by atoms with van der Waals surface area (Å²) in [6, 6.07) is 21.6. The summed E-state index contributed by atoms with van der Waals surface area (Å²) in [6.07, 6.45) is 7.03. The molecule has 3 aromatic rings. The van der Waals surface area contributed by atoms with Crippen LogP contribution in [-0.2, 0) is 24.1 Å². The molecule has 5 rings (SSSR count). The first-order chi connectivity index (χ1) is 19.2. The summed E-state index contributed by atoms with van der Waals surface area (Å²) in [4.78, 5) is 17.7. The third-order valence-corrected chi connectivity index (χ3v) is 8.09. The molecule has 0 radical (unpaired) electrons. The molecule has 1 aliphatic heterocycles. The number of aromatic nitrogens is 1. The normalized spacial score (nSPS) is 19.1. The molecule has 1 aromatic heterocycles. The smallest absolute Gasteiger partial charge is 0.224 e. The zero-order chi connectivity index (χ0) is 28.2. The van der Waals surface area contributed by atoms with Crippen molar-refractivity contribution in [1.82, 2.24) is 15.6 Å². The third kappa shape index (κ3) is 7.29. The number of carbonyl (C=O) groups is 1. The molecule has 3 N–H and O–H groups in total. The maximum atomic E-state index is 13.0. The van der Waals surface area contributed by atoms with Gasteiger partial charge in [-0.3, -0.25) is 4.79 Å². The molecule has 40 heavy (non-hydrogen) atoms. The third-order valence-electron chi connectivity index (χ3n) is 8.09. The largest absolute Gasteiger partial charge is 0.471 e. The van der Waals surface area contributed by atoms with Crippen LogP contribution < -0.4 is 15.4 Å². The highest BCUT2D eigenvalue weighted by molar-refractivity contribution is 5.79. The fraction of sp³-hybridized carbons (Fsp3) is 0.471. The van der Waals surface area contributed by atoms with E-state index in [1.165, 1.54) is 12.0 Å². The van der Waals surface area contributed by atoms with Gasteiger partial charge in [0.2, 0.25) is 11.8 Å². The van der Waals surface area contributed by atoms with Crippen LogP contribution in [0.4, 0.5) is 0 Å². The van der Waals surface area contributed by atoms with Gasteiger partial charge in [0, 0.05) is 30.8 Å². The highest BCUT2D eigenvalue weighted by Crippen LogP contribution is 2.48. The van der Waals surface area contributed by atoms with E-state index in [1.54, 1.807) is 0 Å². The number of hydrogen-bond acceptors (Lipinski definition) is 5. The molecule has 212 valence electrons. The monoisotopic (exact) mass is 541 g/mol. The van der Waals surface area contributed by atoms with E-state index >= 15 is 0 Å². The number of nitrogens with zero attached hydrogens (tertiary/aromatic N) is 1. The molecule has 1 aliphatic carbocycles. The van der Waals surface area contributed by atoms with Crippen LogP contribution in [0, 0.1) is 5.41 Å². The van der Waals surface area contributed by atoms with Crippen molar-refractivity contribution in [2.75, 3.05) is 6.54 Å². The SMILES string of the molecule is CC(C)(C)Cc1cnc2c(c1)[C@@H](NC[C@H](O)[C@H](Cc1ccccc1)NC(=O)Cc1ccccc1)CC1(CCC1)O2. The highest BCUT2D eigenvalue weighted by atomic mass is 16.5. The van der Waals surface area contributed by atoms with Gasteiger partial charge in [0.25, 0.3) is 0 Å². The van der Waals surface area contributed by atoms with Crippen LogP contribution in [0.5, 0.6) is 5.88 Å². The summed E-state index contributed by atoms with van der Waals surface area (Å²) in [5, 5.41) is 18.2. The minimum Gasteiger partial charge on any atom is -0.471 e. The Morgan fingerprint density at radius 1 is 1.05 bits per heavy atom. The second-order valence-electron chi connectivity index (χ2n) is 12.9. The van der Waals surface area contributed by atoms with E-state index in [2.05, 4.69) is 37.5 Å². The van der Waals surface area contributed by atoms with Gasteiger partial charge in [-0.05, 0) is 60.3 Å². The Balaban J connectivity index is 1.31. The fourth-order valence-corrected chi connectivity index (χ4v) is 5.94. The van der Waals surface area contributed by atoms with Crippen LogP contribution >= 0.6 is 0 Å². The molecule has 0 saturated heterocycles. The van der Waals surface area contributed by atoms with Crippen molar-refractivity contribution in [2.45, 2.75) is 89.5 Å². The molecule has 1 amide bonds. The number of amides is 1. The van der Waals surface area contributed by atoms with E-state index in [0.717, 1.165) is 42.4 Å². The van der Waals surface area contributed by atoms with Gasteiger partial charge in [0.1, 0.15) is 5.60 Å². The minimum atomic E-state index is -0.769. The number of aliphatic hydroxyl groups is 1. The van der Waals surface area contributed by atoms with E-state index in [0.29, 0.717) is 18.8 Å². The lowest BCUT2D eigenvalue weighted by atomic mass is 9.73. The average molecular weight is 542 g/mol. The Morgan fingerprint density at radius 3 is 2.35 bits per heavy atom. The van der Waals surface area contributed by atoms with E-state index in [9.17, 15) is 9.90 Å². The summed E-state index contributed by atoms with van der Waals surface area (Å²) >= 11 is 0. The van der Waals surface area contributed by atoms with Crippen molar-refractivity contribution in [3.63, 3.8) is 0 Å². The molecule has 2 heterocycles. The van der Waals surface area contributed by atoms with Crippen molar-refractivity contribution in [3.05, 3.63) is 95.2 Å². The van der Waals surface area contributed by atoms with Crippen LogP contribution in [0.1, 0.15) is 74.8 Å². The molecule has 2 aliphatic rings. The van der Waals surface area contributed by atoms with Gasteiger partial charge in [-0.1, -0.05) is 81.4 Å². The number of nitrogens with one attached hydrogen (secondary N) is 2. The first kappa shape index (κ1) is 28.3. The Morgan fingerprint density at radius 2 is 1.73 bits per heavy atom. The summed E-state index contributed by atoms with van der Waals surface area (Å²) in [7, 11) is 0. The lowest BCUT2D eigenvalue weighted by Crippen LogP contribution is -2.52. The number of fused-ring (bicyclic) bond motifs is 1. The molecule has 6 nitrogen and oxygen atoms in total. The predicted octanol–water partition coefficient (Wildman–Crippen LogP) is 5.34. The number of benzene rings is 2. The zero-order valence-corrected chi connectivity index (χ0v) is 24.0. The van der Waals surface area contributed by atoms with Gasteiger partial charge in [0.15, 0.2) is 0 Å². The molecule has 1 spiro atoms. The Hall–Kier alpha value is -3.22. The van der Waals surface area contributed by atoms with E-state index < -0.39 is 12.1 Å². The summed E-state index contributed by atoms with van der Waals surface area (Å²) in [5.74, 6) is 0.625. The van der Waals surface area contributed by atoms with Crippen molar-refractivity contribution in [3.8, 4) is 5.88 Å². The molecular weight excluding hydrogens is 498 g/mol. The van der Waals surface area contributed by atoms with Gasteiger partial charge in [0.05, 0.1) is 18.6 Å². The number of carbonyl (C=O) groups excluding carboxylic acids is 1. The quantitative estimate of drug-likeness (QED) is 0.323. The first-order valence-electron chi connectivity index (χ1n) is 14.6. The molecule has 6 heteroatoms. The topological polar surface area (TPSA) is 83.5 Å². The van der Waals surface area contributed by atoms with Crippen molar-refractivity contribution >= 4 is 5.91 Å². The number of ether oxygens (including phenoxy) is 1. The van der Waals surface area contributed by atoms with E-state index in [4.69, 9.17) is 9.72 Å². The molecule has 1 saturated carbocycles. The zero-order valence-electron chi connectivity index (χ0n) is 24.0. The standard InChI is InChI=1S/C34H43N3O3/c1-33(2,3)20-26-17-27-29(21-34(15-10-16-34)40-32(27)36-22-26)35-23-30(38)28(18-24-11-6-4-7-12-24)37-31(39)19-25-13-8-5-9-14-25/h4-9,11-14,17,22,28-30,35,38H,10,15-16,18-21,23H2,1-3H3,(H,37,39)/t28-,29-,30-/m0/s1. The second kappa shape index (κ2) is 12.1. The van der Waals surface area contributed by atoms with E-state index in [-0.39, 0.29) is 29.4 Å². The lowest BCUT2D eigenvalue weighted by Gasteiger charge is -2.47. The molecule has 3 atom stereocenters. The number of hydrogen-bond donors (Lipinski definition) is 3. The van der Waals surface area contributed by atoms with Gasteiger partial charge < -0.3 is 20.5 Å². The Labute approximate surface area is 238 Å². The second-order valence-corrected chi connectivity index (χ2v) is 12.9. The molecule has 0 bridgehead atoms. The number of aliphatic hydroxyl groups excluding tert-OH is 1. The van der Waals surface area contributed by atoms with Gasteiger partial charge in [-0.15, -0.1) is 0 Å². The summed E-state index contributed by atoms with van der Waals surface area (Å²) in [6.45, 7) is 7.05. The Kier molecular flexibility index (Phi) is 8.57. The maximum absolute atomic E-state index is 13.0. The van der Waals surface area contributed by atoms with Crippen LogP contribution in [0.25, 0.3) is 0 Å². The molecule has 1 fully saturated rings. The fourth-order valence-electron chi connectivity index (χ4n) is 5.94. The van der Waals surface area contributed by atoms with E-state index in [1.807, 2.05) is 66.9 Å². The van der Waals surface area contributed by atoms with Crippen LogP contribution in [0.15, 0.2) is 72.9 Å². The van der Waals surface area contributed by atoms with Gasteiger partial charge in [-0.25, -0.2) is 4.98 Å². The molecular formula is C34H43N3O3. The molecule has 2 aromatic carbocycles. The van der Waals surface area contributed by atoms with Crippen LogP contribution in [0.3, 0.4) is 0 Å². The van der Waals surface area contributed by atoms with Crippen LogP contribution in [-0.4, -0.2) is 40.3 Å². The van der Waals surface area contributed by atoms with Crippen molar-refractivity contribution < 1.29 is 14.6 Å². The number of pyridine rings is 1. The van der Waals surface area contributed by atoms with Gasteiger partial charge >= 0.3 is 0 Å². The molecule has 0 unspecified atom stereocenters. The highest BCUT2D eigenvalue weighted by Gasteiger charge is 2.46. The number of rotatable bonds is 10. The minimum absolute atomic E-state index is 0.0310. The lowest BCUT2D eigenvalue weighted by molar-refractivity contribution is -0.122. The summed E-state index contributed by atoms with van der Waals surface area (Å²) in [5.41, 5.74) is 4.28. The predicted molar refractivity (Wildman–Crippen MR) is 158 cm³/mol. The summed E-state index contributed by atoms with van der Waals surface area (Å²) < 4.78 is 6.44. The van der Waals surface area contributed by atoms with Crippen LogP contribution in [0.2, 0.25) is 0 Å². The van der Waals surface area contributed by atoms with Gasteiger partial charge in [-0.2, -0.15) is 0 Å². The first-order valence-corrected chi connectivity index (χ1v) is 14.6. The maximum Gasteiger partial charge on any atom is 0.224 e.